The van der Waals surface area contributed by atoms with Gasteiger partial charge in [-0.2, -0.15) is 0 Å². The molecule has 4 heterocycles. The Morgan fingerprint density at radius 1 is 1.36 bits per heavy atom. The molecular formula is C20H20N4O3S. The zero-order valence-electron chi connectivity index (χ0n) is 15.9. The van der Waals surface area contributed by atoms with Crippen LogP contribution >= 0.6 is 11.3 Å². The molecule has 8 heteroatoms. The van der Waals surface area contributed by atoms with Crippen LogP contribution in [-0.4, -0.2) is 53.1 Å². The van der Waals surface area contributed by atoms with Crippen LogP contribution in [0.15, 0.2) is 30.7 Å². The minimum Gasteiger partial charge on any atom is -0.481 e. The molecule has 4 rings (SSSR count). The van der Waals surface area contributed by atoms with E-state index in [1.54, 1.807) is 31.6 Å². The normalized spacial score (nSPS) is 13.6. The van der Waals surface area contributed by atoms with E-state index in [4.69, 9.17) is 9.47 Å². The van der Waals surface area contributed by atoms with Crippen molar-refractivity contribution in [3.05, 3.63) is 52.4 Å². The first-order valence-electron chi connectivity index (χ1n) is 8.84. The van der Waals surface area contributed by atoms with Gasteiger partial charge in [-0.3, -0.25) is 4.79 Å². The molecule has 0 aliphatic carbocycles. The van der Waals surface area contributed by atoms with Crippen LogP contribution in [0.2, 0.25) is 0 Å². The van der Waals surface area contributed by atoms with E-state index in [1.165, 1.54) is 11.3 Å². The summed E-state index contributed by atoms with van der Waals surface area (Å²) >= 11 is 1.40. The molecule has 0 spiro atoms. The van der Waals surface area contributed by atoms with Crippen molar-refractivity contribution in [3.63, 3.8) is 0 Å². The Balaban J connectivity index is 1.65. The predicted molar refractivity (Wildman–Crippen MR) is 108 cm³/mol. The van der Waals surface area contributed by atoms with E-state index < -0.39 is 0 Å². The summed E-state index contributed by atoms with van der Waals surface area (Å²) in [5.41, 5.74) is 3.77. The number of nitrogens with zero attached hydrogens (tertiary/aromatic N) is 4. The van der Waals surface area contributed by atoms with Gasteiger partial charge in [-0.15, -0.1) is 11.3 Å². The number of amides is 1. The van der Waals surface area contributed by atoms with Crippen LogP contribution in [0, 0.1) is 6.92 Å². The number of thiophene rings is 1. The van der Waals surface area contributed by atoms with Gasteiger partial charge < -0.3 is 14.4 Å². The van der Waals surface area contributed by atoms with E-state index in [2.05, 4.69) is 15.0 Å². The summed E-state index contributed by atoms with van der Waals surface area (Å²) in [6.45, 7) is 3.55. The zero-order valence-corrected chi connectivity index (χ0v) is 16.7. The maximum Gasteiger partial charge on any atom is 0.264 e. The van der Waals surface area contributed by atoms with Crippen LogP contribution in [-0.2, 0) is 11.3 Å². The van der Waals surface area contributed by atoms with Crippen LogP contribution in [0.1, 0.15) is 26.5 Å². The van der Waals surface area contributed by atoms with Gasteiger partial charge in [0.25, 0.3) is 5.91 Å². The van der Waals surface area contributed by atoms with E-state index in [0.29, 0.717) is 30.5 Å². The molecule has 0 fully saturated rings. The molecule has 0 bridgehead atoms. The van der Waals surface area contributed by atoms with Crippen molar-refractivity contribution in [2.45, 2.75) is 13.5 Å². The van der Waals surface area contributed by atoms with Gasteiger partial charge in [-0.05, 0) is 24.1 Å². The molecule has 0 atom stereocenters. The Hall–Kier alpha value is -2.84. The maximum absolute atomic E-state index is 13.1. The summed E-state index contributed by atoms with van der Waals surface area (Å²) in [6, 6.07) is 3.71. The minimum atomic E-state index is -0.0427. The van der Waals surface area contributed by atoms with Gasteiger partial charge in [0.2, 0.25) is 5.88 Å². The van der Waals surface area contributed by atoms with Gasteiger partial charge in [0.05, 0.1) is 30.9 Å². The fourth-order valence-corrected chi connectivity index (χ4v) is 4.39. The van der Waals surface area contributed by atoms with Gasteiger partial charge in [0.15, 0.2) is 0 Å². The van der Waals surface area contributed by atoms with Gasteiger partial charge in [-0.25, -0.2) is 15.0 Å². The number of rotatable bonds is 5. The molecule has 3 aromatic heterocycles. The molecule has 28 heavy (non-hydrogen) atoms. The molecule has 144 valence electrons. The molecule has 1 aliphatic heterocycles. The molecule has 1 aliphatic rings. The summed E-state index contributed by atoms with van der Waals surface area (Å²) in [4.78, 5) is 29.3. The number of carbonyl (C=O) groups excluding carboxylic acids is 1. The Kier molecular flexibility index (Phi) is 5.06. The monoisotopic (exact) mass is 396 g/mol. The van der Waals surface area contributed by atoms with Crippen molar-refractivity contribution in [1.29, 1.82) is 0 Å². The third-order valence-electron chi connectivity index (χ3n) is 4.71. The van der Waals surface area contributed by atoms with E-state index >= 15 is 0 Å². The largest absolute Gasteiger partial charge is 0.481 e. The lowest BCUT2D eigenvalue weighted by molar-refractivity contribution is 0.0789. The Labute approximate surface area is 166 Å². The van der Waals surface area contributed by atoms with Gasteiger partial charge in [0.1, 0.15) is 11.2 Å². The number of hydrogen-bond donors (Lipinski definition) is 0. The smallest absolute Gasteiger partial charge is 0.264 e. The van der Waals surface area contributed by atoms with Gasteiger partial charge in [0, 0.05) is 36.8 Å². The van der Waals surface area contributed by atoms with E-state index in [9.17, 15) is 4.79 Å². The summed E-state index contributed by atoms with van der Waals surface area (Å²) in [7, 11) is 3.37. The fourth-order valence-electron chi connectivity index (χ4n) is 3.25. The first kappa shape index (κ1) is 18.5. The Morgan fingerprint density at radius 2 is 2.21 bits per heavy atom. The average Bonchev–Trinajstić information content (AvgIpc) is 3.36. The molecular weight excluding hydrogens is 376 g/mol. The van der Waals surface area contributed by atoms with Crippen molar-refractivity contribution >= 4 is 33.0 Å². The lowest BCUT2D eigenvalue weighted by Crippen LogP contribution is -2.26. The third-order valence-corrected chi connectivity index (χ3v) is 5.89. The van der Waals surface area contributed by atoms with Gasteiger partial charge in [-0.1, -0.05) is 6.08 Å². The number of methoxy groups -OCH3 is 1. The average molecular weight is 396 g/mol. The molecule has 0 N–H and O–H groups in total. The van der Waals surface area contributed by atoms with E-state index in [0.717, 1.165) is 32.6 Å². The van der Waals surface area contributed by atoms with Crippen molar-refractivity contribution in [3.8, 4) is 5.88 Å². The highest BCUT2D eigenvalue weighted by atomic mass is 32.1. The van der Waals surface area contributed by atoms with Crippen molar-refractivity contribution in [2.24, 2.45) is 0 Å². The van der Waals surface area contributed by atoms with Crippen LogP contribution in [0.5, 0.6) is 5.88 Å². The Morgan fingerprint density at radius 3 is 2.96 bits per heavy atom. The van der Waals surface area contributed by atoms with E-state index in [-0.39, 0.29) is 5.91 Å². The molecule has 0 aromatic carbocycles. The number of carbonyl (C=O) groups is 1. The van der Waals surface area contributed by atoms with Crippen LogP contribution < -0.4 is 4.74 Å². The highest BCUT2D eigenvalue weighted by Crippen LogP contribution is 2.35. The fraction of sp³-hybridized carbons (Fsp3) is 0.300. The zero-order chi connectivity index (χ0) is 19.7. The maximum atomic E-state index is 13.1. The van der Waals surface area contributed by atoms with Crippen LogP contribution in [0.4, 0.5) is 0 Å². The standard InChI is InChI=1S/C20H20N4O3S/c1-12-16-17(14-5-7-27-10-14)22-11-23-19(16)28-18(12)20(25)24(2)9-13-4-6-21-15(8-13)26-3/h4-6,8,11H,7,9-10H2,1-3H3. The minimum absolute atomic E-state index is 0.0427. The molecule has 0 saturated carbocycles. The number of aromatic nitrogens is 3. The second-order valence-corrected chi connectivity index (χ2v) is 7.57. The summed E-state index contributed by atoms with van der Waals surface area (Å²) < 4.78 is 10.6. The first-order chi connectivity index (χ1) is 13.6. The lowest BCUT2D eigenvalue weighted by atomic mass is 10.1. The second-order valence-electron chi connectivity index (χ2n) is 6.57. The highest BCUT2D eigenvalue weighted by molar-refractivity contribution is 7.20. The molecule has 0 radical (unpaired) electrons. The van der Waals surface area contributed by atoms with Crippen molar-refractivity contribution in [1.82, 2.24) is 19.9 Å². The molecule has 7 nitrogen and oxygen atoms in total. The number of ether oxygens (including phenoxy) is 2. The van der Waals surface area contributed by atoms with Gasteiger partial charge >= 0.3 is 0 Å². The molecule has 0 saturated heterocycles. The van der Waals surface area contributed by atoms with Crippen molar-refractivity contribution < 1.29 is 14.3 Å². The topological polar surface area (TPSA) is 77.4 Å². The summed E-state index contributed by atoms with van der Waals surface area (Å²) in [5.74, 6) is 0.488. The first-order valence-corrected chi connectivity index (χ1v) is 9.65. The van der Waals surface area contributed by atoms with Crippen molar-refractivity contribution in [2.75, 3.05) is 27.4 Å². The Bertz CT molecular complexity index is 1080. The molecule has 1 amide bonds. The number of hydrogen-bond acceptors (Lipinski definition) is 7. The third kappa shape index (κ3) is 3.36. The highest BCUT2D eigenvalue weighted by Gasteiger charge is 2.23. The molecule has 0 unspecified atom stereocenters. The summed E-state index contributed by atoms with van der Waals surface area (Å²) in [6.07, 6.45) is 5.26. The predicted octanol–water partition coefficient (Wildman–Crippen LogP) is 3.09. The molecule has 3 aromatic rings. The SMILES string of the molecule is COc1cc(CN(C)C(=O)c2sc3ncnc(C4=CCOC4)c3c2C)ccn1. The summed E-state index contributed by atoms with van der Waals surface area (Å²) in [5, 5.41) is 0.937. The number of fused-ring (bicyclic) bond motifs is 1. The second kappa shape index (κ2) is 7.65. The van der Waals surface area contributed by atoms with Crippen LogP contribution in [0.25, 0.3) is 15.8 Å². The number of aryl methyl sites for hydroxylation is 1. The van der Waals surface area contributed by atoms with E-state index in [1.807, 2.05) is 25.1 Å². The van der Waals surface area contributed by atoms with Crippen LogP contribution in [0.3, 0.4) is 0 Å². The lowest BCUT2D eigenvalue weighted by Gasteiger charge is -2.17. The number of pyridine rings is 1. The quantitative estimate of drug-likeness (QED) is 0.660.